The van der Waals surface area contributed by atoms with Gasteiger partial charge in [0.05, 0.1) is 0 Å². The van der Waals surface area contributed by atoms with Crippen molar-refractivity contribution >= 4 is 17.5 Å². The monoisotopic (exact) mass is 492 g/mol. The zero-order valence-corrected chi connectivity index (χ0v) is 23.4. The molecular weight excluding hydrogens is 444 g/mol. The molecule has 1 unspecified atom stereocenters. The van der Waals surface area contributed by atoms with Crippen LogP contribution in [-0.4, -0.2) is 11.5 Å². The van der Waals surface area contributed by atoms with Gasteiger partial charge in [-0.25, -0.2) is 0 Å². The molecule has 0 heterocycles. The number of rotatable bonds is 9. The molecule has 0 amide bonds. The highest BCUT2D eigenvalue weighted by atomic mass is 32.2. The number of hydrogen-bond donors (Lipinski definition) is 0. The molecule has 0 saturated heterocycles. The third-order valence-electron chi connectivity index (χ3n) is 11.1. The van der Waals surface area contributed by atoms with Crippen LogP contribution in [0.5, 0.6) is 0 Å². The van der Waals surface area contributed by atoms with Crippen LogP contribution in [0, 0.1) is 34.0 Å². The summed E-state index contributed by atoms with van der Waals surface area (Å²) in [7, 11) is 0. The van der Waals surface area contributed by atoms with Crippen LogP contribution >= 0.6 is 11.8 Å². The van der Waals surface area contributed by atoms with Crippen molar-refractivity contribution in [2.45, 2.75) is 116 Å². The van der Waals surface area contributed by atoms with Crippen LogP contribution in [0.1, 0.15) is 111 Å². The number of unbranched alkanes of at least 4 members (excludes halogenated alkanes) is 4. The number of fused-ring (bicyclic) bond motifs is 5. The van der Waals surface area contributed by atoms with Crippen LogP contribution in [0.2, 0.25) is 0 Å². The van der Waals surface area contributed by atoms with Gasteiger partial charge in [0.15, 0.2) is 5.78 Å². The molecule has 4 aliphatic carbocycles. The Bertz CT molecular complexity index is 920. The summed E-state index contributed by atoms with van der Waals surface area (Å²) in [4.78, 5) is 13.9. The molecule has 1 aromatic rings. The van der Waals surface area contributed by atoms with Crippen LogP contribution < -0.4 is 0 Å². The van der Waals surface area contributed by atoms with Crippen molar-refractivity contribution < 1.29 is 4.79 Å². The molecule has 6 atom stereocenters. The van der Waals surface area contributed by atoms with Gasteiger partial charge < -0.3 is 0 Å². The second kappa shape index (κ2) is 10.4. The van der Waals surface area contributed by atoms with E-state index in [-0.39, 0.29) is 0 Å². The molecule has 35 heavy (non-hydrogen) atoms. The average Bonchev–Trinajstić information content (AvgIpc) is 3.24. The third-order valence-corrected chi connectivity index (χ3v) is 12.2. The van der Waals surface area contributed by atoms with Gasteiger partial charge in [-0.2, -0.15) is 0 Å². The van der Waals surface area contributed by atoms with E-state index in [0.29, 0.717) is 22.0 Å². The zero-order chi connectivity index (χ0) is 24.5. The summed E-state index contributed by atoms with van der Waals surface area (Å²) in [6.45, 7) is 7.82. The molecule has 0 aromatic heterocycles. The zero-order valence-electron chi connectivity index (χ0n) is 22.6. The van der Waals surface area contributed by atoms with Crippen molar-refractivity contribution in [3.63, 3.8) is 0 Å². The smallest absolute Gasteiger partial charge is 0.155 e. The number of hydrogen-bond acceptors (Lipinski definition) is 2. The lowest BCUT2D eigenvalue weighted by molar-refractivity contribution is -0.123. The molecule has 0 aliphatic heterocycles. The first kappa shape index (κ1) is 25.6. The molecule has 1 nitrogen and oxygen atoms in total. The average molecular weight is 493 g/mol. The molecule has 1 aromatic carbocycles. The Morgan fingerprint density at radius 2 is 1.66 bits per heavy atom. The van der Waals surface area contributed by atoms with Crippen molar-refractivity contribution in [2.24, 2.45) is 34.0 Å². The Morgan fingerprint density at radius 3 is 2.49 bits per heavy atom. The fraction of sp³-hybridized carbons (Fsp3) is 0.727. The van der Waals surface area contributed by atoms with Crippen LogP contribution in [0.15, 0.2) is 46.9 Å². The first-order valence-corrected chi connectivity index (χ1v) is 15.7. The van der Waals surface area contributed by atoms with Crippen LogP contribution in [0.3, 0.4) is 0 Å². The van der Waals surface area contributed by atoms with E-state index in [1.807, 2.05) is 11.8 Å². The van der Waals surface area contributed by atoms with Gasteiger partial charge in [0.2, 0.25) is 0 Å². The number of thioether (sulfide) groups is 1. The summed E-state index contributed by atoms with van der Waals surface area (Å²) in [6.07, 6.45) is 20.5. The first-order chi connectivity index (χ1) is 16.8. The minimum absolute atomic E-state index is 0.290. The molecule has 0 bridgehead atoms. The lowest BCUT2D eigenvalue weighted by Crippen LogP contribution is -2.56. The minimum Gasteiger partial charge on any atom is -0.295 e. The number of ketones is 1. The maximum Gasteiger partial charge on any atom is 0.155 e. The van der Waals surface area contributed by atoms with E-state index in [2.05, 4.69) is 57.2 Å². The SMILES string of the molecule is CC1(CCCCCCCSc2ccccc2)CC2=CC(=O)CC[C@]2(C)[C@@H]2CC[C@]3(C)CCC[C@H]3[C@@H]21. The lowest BCUT2D eigenvalue weighted by atomic mass is 9.41. The highest BCUT2D eigenvalue weighted by Gasteiger charge is 2.61. The van der Waals surface area contributed by atoms with E-state index < -0.39 is 0 Å². The van der Waals surface area contributed by atoms with Crippen LogP contribution in [0.25, 0.3) is 0 Å². The second-order valence-electron chi connectivity index (χ2n) is 13.4. The van der Waals surface area contributed by atoms with Gasteiger partial charge in [-0.15, -0.1) is 11.8 Å². The standard InChI is InChI=1S/C33H48OS/c1-31-19-12-15-28(31)30-29(17-20-31)33(3)21-16-26(34)23-25(33)24-32(30,2)18-10-5-4-6-11-22-35-27-13-8-7-9-14-27/h7-9,13-14,23,28-30H,4-6,10-12,15-22,24H2,1-3H3/t28-,29+,30-,31-,32?,33-/m0/s1. The topological polar surface area (TPSA) is 17.1 Å². The summed E-state index contributed by atoms with van der Waals surface area (Å²) in [5.74, 6) is 4.21. The molecule has 0 spiro atoms. The molecule has 5 rings (SSSR count). The van der Waals surface area contributed by atoms with Gasteiger partial charge in [-0.1, -0.05) is 76.6 Å². The van der Waals surface area contributed by atoms with Gasteiger partial charge in [-0.05, 0) is 109 Å². The van der Waals surface area contributed by atoms with Gasteiger partial charge in [0.25, 0.3) is 0 Å². The van der Waals surface area contributed by atoms with Gasteiger partial charge in [0, 0.05) is 11.3 Å². The van der Waals surface area contributed by atoms with E-state index in [1.165, 1.54) is 93.3 Å². The van der Waals surface area contributed by atoms with Crippen LogP contribution in [-0.2, 0) is 4.79 Å². The van der Waals surface area contributed by atoms with E-state index in [0.717, 1.165) is 30.6 Å². The summed E-state index contributed by atoms with van der Waals surface area (Å²) in [5, 5.41) is 0. The van der Waals surface area contributed by atoms with Crippen molar-refractivity contribution in [3.8, 4) is 0 Å². The van der Waals surface area contributed by atoms with Crippen molar-refractivity contribution in [1.29, 1.82) is 0 Å². The largest absolute Gasteiger partial charge is 0.295 e. The fourth-order valence-corrected chi connectivity index (χ4v) is 10.1. The van der Waals surface area contributed by atoms with Crippen molar-refractivity contribution in [2.75, 3.05) is 5.75 Å². The van der Waals surface area contributed by atoms with Crippen molar-refractivity contribution in [1.82, 2.24) is 0 Å². The molecule has 4 aliphatic rings. The summed E-state index contributed by atoms with van der Waals surface area (Å²) < 4.78 is 0. The highest BCUT2D eigenvalue weighted by molar-refractivity contribution is 7.99. The molecule has 2 heteroatoms. The number of carbonyl (C=O) groups is 1. The molecule has 192 valence electrons. The number of benzene rings is 1. The molecule has 3 saturated carbocycles. The minimum atomic E-state index is 0.290. The Kier molecular flexibility index (Phi) is 7.61. The molecule has 3 fully saturated rings. The Labute approximate surface area is 219 Å². The van der Waals surface area contributed by atoms with E-state index in [1.54, 1.807) is 0 Å². The fourth-order valence-electron chi connectivity index (χ4n) is 9.14. The van der Waals surface area contributed by atoms with Gasteiger partial charge >= 0.3 is 0 Å². The summed E-state index contributed by atoms with van der Waals surface area (Å²) in [6, 6.07) is 10.8. The van der Waals surface area contributed by atoms with Crippen molar-refractivity contribution in [3.05, 3.63) is 42.0 Å². The lowest BCUT2D eigenvalue weighted by Gasteiger charge is -2.63. The predicted molar refractivity (Wildman–Crippen MR) is 150 cm³/mol. The number of allylic oxidation sites excluding steroid dienone is 1. The number of carbonyl (C=O) groups excluding carboxylic acids is 1. The third kappa shape index (κ3) is 5.07. The summed E-state index contributed by atoms with van der Waals surface area (Å²) in [5.41, 5.74) is 2.80. The molecule has 0 radical (unpaired) electrons. The quantitative estimate of drug-likeness (QED) is 0.252. The first-order valence-electron chi connectivity index (χ1n) is 14.8. The van der Waals surface area contributed by atoms with Gasteiger partial charge in [0.1, 0.15) is 0 Å². The summed E-state index contributed by atoms with van der Waals surface area (Å²) >= 11 is 2.00. The Balaban J connectivity index is 1.20. The molecular formula is C33H48OS. The van der Waals surface area contributed by atoms with E-state index in [4.69, 9.17) is 0 Å². The second-order valence-corrected chi connectivity index (χ2v) is 14.6. The predicted octanol–water partition coefficient (Wildman–Crippen LogP) is 9.66. The maximum atomic E-state index is 12.5. The normalized spacial score (nSPS) is 38.4. The maximum absolute atomic E-state index is 12.5. The van der Waals surface area contributed by atoms with E-state index in [9.17, 15) is 4.79 Å². The van der Waals surface area contributed by atoms with E-state index >= 15 is 0 Å². The highest BCUT2D eigenvalue weighted by Crippen LogP contribution is 2.70. The van der Waals surface area contributed by atoms with Crippen LogP contribution in [0.4, 0.5) is 0 Å². The van der Waals surface area contributed by atoms with Gasteiger partial charge in [-0.3, -0.25) is 4.79 Å². The molecule has 0 N–H and O–H groups in total. The Hall–Kier alpha value is -1.02. The Morgan fingerprint density at radius 1 is 0.886 bits per heavy atom.